The number of nitrogens with zero attached hydrogens (tertiary/aromatic N) is 2. The lowest BCUT2D eigenvalue weighted by molar-refractivity contribution is 0.618. The van der Waals surface area contributed by atoms with Crippen LogP contribution in [0.15, 0.2) is 30.6 Å². The van der Waals surface area contributed by atoms with Crippen molar-refractivity contribution in [2.24, 2.45) is 0 Å². The summed E-state index contributed by atoms with van der Waals surface area (Å²) in [6.07, 6.45) is 3.80. The third-order valence-electron chi connectivity index (χ3n) is 2.71. The minimum absolute atomic E-state index is 0.201. The van der Waals surface area contributed by atoms with Crippen molar-refractivity contribution in [1.82, 2.24) is 15.1 Å². The average molecular weight is 233 g/mol. The molecule has 0 saturated carbocycles. The van der Waals surface area contributed by atoms with Crippen LogP contribution in [-0.4, -0.2) is 16.8 Å². The maximum atomic E-state index is 13.1. The minimum atomic E-state index is -0.201. The van der Waals surface area contributed by atoms with Gasteiger partial charge in [-0.15, -0.1) is 0 Å². The number of rotatable bonds is 4. The highest BCUT2D eigenvalue weighted by Gasteiger charge is 2.03. The summed E-state index contributed by atoms with van der Waals surface area (Å²) in [5.74, 6) is -0.201. The van der Waals surface area contributed by atoms with E-state index in [1.807, 2.05) is 31.0 Å². The molecular formula is C13H16FN3. The highest BCUT2D eigenvalue weighted by molar-refractivity contribution is 5.26. The van der Waals surface area contributed by atoms with E-state index in [1.54, 1.807) is 12.1 Å². The van der Waals surface area contributed by atoms with Crippen molar-refractivity contribution < 1.29 is 4.39 Å². The lowest BCUT2D eigenvalue weighted by atomic mass is 10.1. The fraction of sp³-hybridized carbons (Fsp3) is 0.308. The van der Waals surface area contributed by atoms with Gasteiger partial charge in [0.05, 0.1) is 12.7 Å². The van der Waals surface area contributed by atoms with Crippen molar-refractivity contribution in [2.45, 2.75) is 20.0 Å². The second-order valence-electron chi connectivity index (χ2n) is 4.15. The van der Waals surface area contributed by atoms with Gasteiger partial charge in [0.2, 0.25) is 0 Å². The predicted octanol–water partition coefficient (Wildman–Crippen LogP) is 2.10. The van der Waals surface area contributed by atoms with E-state index in [1.165, 1.54) is 6.07 Å². The van der Waals surface area contributed by atoms with E-state index in [4.69, 9.17) is 0 Å². The number of nitrogens with one attached hydrogen (secondary N) is 1. The molecule has 4 heteroatoms. The van der Waals surface area contributed by atoms with Crippen LogP contribution in [0.4, 0.5) is 4.39 Å². The van der Waals surface area contributed by atoms with Gasteiger partial charge in [-0.2, -0.15) is 5.10 Å². The van der Waals surface area contributed by atoms with E-state index in [2.05, 4.69) is 10.4 Å². The summed E-state index contributed by atoms with van der Waals surface area (Å²) in [7, 11) is 1.90. The van der Waals surface area contributed by atoms with Crippen molar-refractivity contribution in [3.05, 3.63) is 53.1 Å². The zero-order valence-corrected chi connectivity index (χ0v) is 10.1. The van der Waals surface area contributed by atoms with Crippen LogP contribution in [0.25, 0.3) is 0 Å². The van der Waals surface area contributed by atoms with E-state index < -0.39 is 0 Å². The lowest BCUT2D eigenvalue weighted by Crippen LogP contribution is -2.05. The molecule has 3 nitrogen and oxygen atoms in total. The molecule has 0 bridgehead atoms. The van der Waals surface area contributed by atoms with E-state index in [0.717, 1.165) is 23.2 Å². The molecule has 17 heavy (non-hydrogen) atoms. The average Bonchev–Trinajstić information content (AvgIpc) is 2.72. The lowest BCUT2D eigenvalue weighted by Gasteiger charge is -2.06. The molecular weight excluding hydrogens is 217 g/mol. The van der Waals surface area contributed by atoms with Gasteiger partial charge < -0.3 is 5.32 Å². The van der Waals surface area contributed by atoms with Crippen molar-refractivity contribution >= 4 is 0 Å². The van der Waals surface area contributed by atoms with Crippen molar-refractivity contribution in [2.75, 3.05) is 7.05 Å². The Morgan fingerprint density at radius 3 is 3.00 bits per heavy atom. The molecule has 0 amide bonds. The van der Waals surface area contributed by atoms with Gasteiger partial charge in [-0.25, -0.2) is 4.39 Å². The van der Waals surface area contributed by atoms with E-state index in [0.29, 0.717) is 6.54 Å². The number of halogens is 1. The first kappa shape index (κ1) is 11.8. The molecule has 0 atom stereocenters. The summed E-state index contributed by atoms with van der Waals surface area (Å²) >= 11 is 0. The summed E-state index contributed by atoms with van der Waals surface area (Å²) in [5.41, 5.74) is 3.17. The fourth-order valence-electron chi connectivity index (χ4n) is 1.77. The molecule has 1 heterocycles. The van der Waals surface area contributed by atoms with Gasteiger partial charge in [-0.1, -0.05) is 6.07 Å². The van der Waals surface area contributed by atoms with Crippen molar-refractivity contribution in [3.63, 3.8) is 0 Å². The second kappa shape index (κ2) is 5.10. The van der Waals surface area contributed by atoms with Crippen molar-refractivity contribution in [3.8, 4) is 0 Å². The highest BCUT2D eigenvalue weighted by atomic mass is 19.1. The zero-order valence-electron chi connectivity index (χ0n) is 10.1. The number of aryl methyl sites for hydroxylation is 1. The van der Waals surface area contributed by atoms with Crippen LogP contribution in [0.5, 0.6) is 0 Å². The first-order chi connectivity index (χ1) is 8.19. The fourth-order valence-corrected chi connectivity index (χ4v) is 1.77. The number of hydrogen-bond donors (Lipinski definition) is 1. The molecule has 2 rings (SSSR count). The molecule has 0 fully saturated rings. The van der Waals surface area contributed by atoms with Crippen LogP contribution in [0.2, 0.25) is 0 Å². The second-order valence-corrected chi connectivity index (χ2v) is 4.15. The molecule has 0 aliphatic heterocycles. The summed E-state index contributed by atoms with van der Waals surface area (Å²) in [6.45, 7) is 3.38. The Morgan fingerprint density at radius 1 is 1.41 bits per heavy atom. The van der Waals surface area contributed by atoms with Crippen LogP contribution in [0, 0.1) is 12.7 Å². The quantitative estimate of drug-likeness (QED) is 0.876. The third kappa shape index (κ3) is 2.91. The Balaban J connectivity index is 2.16. The largest absolute Gasteiger partial charge is 0.316 e. The molecule has 0 radical (unpaired) electrons. The topological polar surface area (TPSA) is 29.9 Å². The van der Waals surface area contributed by atoms with Gasteiger partial charge in [0, 0.05) is 18.3 Å². The van der Waals surface area contributed by atoms with Crippen LogP contribution in [-0.2, 0) is 13.1 Å². The van der Waals surface area contributed by atoms with Gasteiger partial charge in [0.1, 0.15) is 5.82 Å². The maximum Gasteiger partial charge on any atom is 0.123 e. The SMILES string of the molecule is CNCc1cnn(Cc2cc(F)ccc2C)c1. The van der Waals surface area contributed by atoms with Crippen LogP contribution in [0.1, 0.15) is 16.7 Å². The maximum absolute atomic E-state index is 13.1. The molecule has 90 valence electrons. The summed E-state index contributed by atoms with van der Waals surface area (Å²) < 4.78 is 15.0. The first-order valence-electron chi connectivity index (χ1n) is 5.60. The molecule has 1 aromatic heterocycles. The summed E-state index contributed by atoms with van der Waals surface area (Å²) in [5, 5.41) is 7.32. The van der Waals surface area contributed by atoms with Gasteiger partial charge in [-0.05, 0) is 37.2 Å². The van der Waals surface area contributed by atoms with E-state index in [9.17, 15) is 4.39 Å². The Bertz CT molecular complexity index is 505. The van der Waals surface area contributed by atoms with Crippen LogP contribution < -0.4 is 5.32 Å². The Labute approximate surface area is 100 Å². The standard InChI is InChI=1S/C13H16FN3/c1-10-3-4-13(14)5-12(10)9-17-8-11(6-15-2)7-16-17/h3-5,7-8,15H,6,9H2,1-2H3. The van der Waals surface area contributed by atoms with E-state index >= 15 is 0 Å². The molecule has 1 aromatic carbocycles. The van der Waals surface area contributed by atoms with Crippen LogP contribution in [0.3, 0.4) is 0 Å². The van der Waals surface area contributed by atoms with Gasteiger partial charge in [-0.3, -0.25) is 4.68 Å². The van der Waals surface area contributed by atoms with Gasteiger partial charge in [0.25, 0.3) is 0 Å². The normalized spacial score (nSPS) is 10.8. The number of aromatic nitrogens is 2. The van der Waals surface area contributed by atoms with Crippen LogP contribution >= 0.6 is 0 Å². The summed E-state index contributed by atoms with van der Waals surface area (Å²) in [4.78, 5) is 0. The first-order valence-corrected chi connectivity index (χ1v) is 5.60. The van der Waals surface area contributed by atoms with E-state index in [-0.39, 0.29) is 5.82 Å². The Kier molecular flexibility index (Phi) is 3.54. The van der Waals surface area contributed by atoms with Gasteiger partial charge in [0.15, 0.2) is 0 Å². The van der Waals surface area contributed by atoms with Crippen molar-refractivity contribution in [1.29, 1.82) is 0 Å². The molecule has 0 saturated heterocycles. The van der Waals surface area contributed by atoms with Gasteiger partial charge >= 0.3 is 0 Å². The predicted molar refractivity (Wildman–Crippen MR) is 65.2 cm³/mol. The zero-order chi connectivity index (χ0) is 12.3. The Hall–Kier alpha value is -1.68. The smallest absolute Gasteiger partial charge is 0.123 e. The number of hydrogen-bond acceptors (Lipinski definition) is 2. The molecule has 0 unspecified atom stereocenters. The summed E-state index contributed by atoms with van der Waals surface area (Å²) in [6, 6.07) is 4.84. The molecule has 0 spiro atoms. The molecule has 0 aliphatic rings. The molecule has 0 aliphatic carbocycles. The minimum Gasteiger partial charge on any atom is -0.316 e. The monoisotopic (exact) mass is 233 g/mol. The molecule has 2 aromatic rings. The number of benzene rings is 1. The third-order valence-corrected chi connectivity index (χ3v) is 2.71. The Morgan fingerprint density at radius 2 is 2.24 bits per heavy atom. The molecule has 1 N–H and O–H groups in total. The highest BCUT2D eigenvalue weighted by Crippen LogP contribution is 2.12.